The number of hydrogen-bond donors (Lipinski definition) is 1. The predicted octanol–water partition coefficient (Wildman–Crippen LogP) is 1.98. The summed E-state index contributed by atoms with van der Waals surface area (Å²) in [7, 11) is 0. The predicted molar refractivity (Wildman–Crippen MR) is 49.8 cm³/mol. The number of aromatic nitrogens is 2. The Morgan fingerprint density at radius 2 is 2.08 bits per heavy atom. The van der Waals surface area contributed by atoms with E-state index in [1.54, 1.807) is 0 Å². The molecule has 1 heterocycles. The Morgan fingerprint density at radius 3 is 2.50 bits per heavy atom. The molecule has 0 aliphatic heterocycles. The minimum atomic E-state index is 0.611. The lowest BCUT2D eigenvalue weighted by Crippen LogP contribution is -1.99. The minimum absolute atomic E-state index is 0.611. The summed E-state index contributed by atoms with van der Waals surface area (Å²) in [5.41, 5.74) is 1.99. The molecular weight excluding hydrogens is 150 g/mol. The second-order valence-electron chi connectivity index (χ2n) is 2.67. The third-order valence-corrected chi connectivity index (χ3v) is 1.44. The summed E-state index contributed by atoms with van der Waals surface area (Å²) in [5.74, 6) is 0.611. The van der Waals surface area contributed by atoms with Gasteiger partial charge in [-0.05, 0) is 18.9 Å². The first-order valence-electron chi connectivity index (χ1n) is 3.96. The number of allylic oxidation sites excluding steroid dienone is 1. The van der Waals surface area contributed by atoms with E-state index in [-0.39, 0.29) is 0 Å². The molecular formula is C9H13N3. The van der Waals surface area contributed by atoms with Crippen molar-refractivity contribution in [3.63, 3.8) is 0 Å². The second kappa shape index (κ2) is 3.85. The highest BCUT2D eigenvalue weighted by Crippen LogP contribution is 2.02. The molecule has 1 rings (SSSR count). The summed E-state index contributed by atoms with van der Waals surface area (Å²) >= 11 is 0. The smallest absolute Gasteiger partial charge is 0.226 e. The Hall–Kier alpha value is -1.38. The molecule has 0 aromatic carbocycles. The van der Waals surface area contributed by atoms with Crippen LogP contribution in [0.15, 0.2) is 24.7 Å². The van der Waals surface area contributed by atoms with Crippen molar-refractivity contribution in [3.05, 3.63) is 30.2 Å². The summed E-state index contributed by atoms with van der Waals surface area (Å²) in [4.78, 5) is 8.21. The fourth-order valence-corrected chi connectivity index (χ4v) is 0.793. The van der Waals surface area contributed by atoms with Gasteiger partial charge in [-0.1, -0.05) is 13.5 Å². The van der Waals surface area contributed by atoms with Gasteiger partial charge in [-0.25, -0.2) is 9.97 Å². The zero-order valence-electron chi connectivity index (χ0n) is 7.46. The van der Waals surface area contributed by atoms with Crippen LogP contribution in [0.5, 0.6) is 0 Å². The Morgan fingerprint density at radius 1 is 1.50 bits per heavy atom. The summed E-state index contributed by atoms with van der Waals surface area (Å²) in [6.45, 7) is 7.65. The van der Waals surface area contributed by atoms with E-state index in [0.29, 0.717) is 5.95 Å². The van der Waals surface area contributed by atoms with Crippen molar-refractivity contribution in [1.82, 2.24) is 9.97 Å². The highest BCUT2D eigenvalue weighted by molar-refractivity contribution is 5.31. The van der Waals surface area contributed by atoms with Gasteiger partial charge in [-0.15, -0.1) is 0 Å². The molecule has 12 heavy (non-hydrogen) atoms. The van der Waals surface area contributed by atoms with Crippen molar-refractivity contribution >= 4 is 5.95 Å². The Balaban J connectivity index is 2.71. The van der Waals surface area contributed by atoms with E-state index < -0.39 is 0 Å². The second-order valence-corrected chi connectivity index (χ2v) is 2.67. The molecule has 3 nitrogen and oxygen atoms in total. The number of nitrogens with zero attached hydrogens (tertiary/aromatic N) is 2. The molecule has 0 aliphatic carbocycles. The van der Waals surface area contributed by atoms with Crippen LogP contribution < -0.4 is 5.32 Å². The molecule has 0 aliphatic rings. The first kappa shape index (κ1) is 8.71. The summed E-state index contributed by atoms with van der Waals surface area (Å²) < 4.78 is 0. The first-order valence-corrected chi connectivity index (χ1v) is 3.96. The normalized spacial score (nSPS) is 9.50. The van der Waals surface area contributed by atoms with E-state index in [0.717, 1.165) is 17.7 Å². The van der Waals surface area contributed by atoms with E-state index in [4.69, 9.17) is 0 Å². The molecule has 3 heteroatoms. The van der Waals surface area contributed by atoms with E-state index in [1.807, 2.05) is 19.3 Å². The molecule has 0 bridgehead atoms. The van der Waals surface area contributed by atoms with E-state index in [2.05, 4.69) is 28.8 Å². The fraction of sp³-hybridized carbons (Fsp3) is 0.333. The zero-order valence-corrected chi connectivity index (χ0v) is 7.46. The Labute approximate surface area is 72.6 Å². The highest BCUT2D eigenvalue weighted by atomic mass is 15.1. The molecule has 1 aromatic rings. The highest BCUT2D eigenvalue weighted by Gasteiger charge is 1.94. The van der Waals surface area contributed by atoms with E-state index in [1.165, 1.54) is 0 Å². The largest absolute Gasteiger partial charge is 0.329 e. The van der Waals surface area contributed by atoms with Crippen LogP contribution in [0.3, 0.4) is 0 Å². The third kappa shape index (κ3) is 2.34. The van der Waals surface area contributed by atoms with Crippen LogP contribution >= 0.6 is 0 Å². The van der Waals surface area contributed by atoms with Gasteiger partial charge < -0.3 is 5.32 Å². The SMILES string of the molecule is C=C(C)Nc1ncc(CC)cn1. The number of anilines is 1. The molecule has 64 valence electrons. The lowest BCUT2D eigenvalue weighted by atomic mass is 10.3. The van der Waals surface area contributed by atoms with Gasteiger partial charge in [0.05, 0.1) is 0 Å². The van der Waals surface area contributed by atoms with Gasteiger partial charge in [0.15, 0.2) is 0 Å². The Bertz CT molecular complexity index is 264. The zero-order chi connectivity index (χ0) is 8.97. The van der Waals surface area contributed by atoms with Gasteiger partial charge in [0.2, 0.25) is 5.95 Å². The van der Waals surface area contributed by atoms with Crippen molar-refractivity contribution in [2.24, 2.45) is 0 Å². The summed E-state index contributed by atoms with van der Waals surface area (Å²) in [6.07, 6.45) is 4.60. The molecule has 1 aromatic heterocycles. The third-order valence-electron chi connectivity index (χ3n) is 1.44. The van der Waals surface area contributed by atoms with Crippen LogP contribution in [0.4, 0.5) is 5.95 Å². The van der Waals surface area contributed by atoms with Gasteiger partial charge in [-0.2, -0.15) is 0 Å². The van der Waals surface area contributed by atoms with Gasteiger partial charge in [-0.3, -0.25) is 0 Å². The fourth-order valence-electron chi connectivity index (χ4n) is 0.793. The number of nitrogens with one attached hydrogen (secondary N) is 1. The number of hydrogen-bond acceptors (Lipinski definition) is 3. The maximum absolute atomic E-state index is 4.11. The maximum Gasteiger partial charge on any atom is 0.226 e. The topological polar surface area (TPSA) is 37.8 Å². The summed E-state index contributed by atoms with van der Waals surface area (Å²) in [5, 5.41) is 2.94. The lowest BCUT2D eigenvalue weighted by molar-refractivity contribution is 1.04. The van der Waals surface area contributed by atoms with Crippen molar-refractivity contribution < 1.29 is 0 Å². The molecule has 0 amide bonds. The van der Waals surface area contributed by atoms with Gasteiger partial charge in [0.1, 0.15) is 0 Å². The lowest BCUT2D eigenvalue weighted by Gasteiger charge is -2.02. The molecule has 0 saturated carbocycles. The summed E-state index contributed by atoms with van der Waals surface area (Å²) in [6, 6.07) is 0. The van der Waals surface area contributed by atoms with Gasteiger partial charge >= 0.3 is 0 Å². The minimum Gasteiger partial charge on any atom is -0.329 e. The van der Waals surface area contributed by atoms with E-state index >= 15 is 0 Å². The van der Waals surface area contributed by atoms with Crippen LogP contribution in [0, 0.1) is 0 Å². The standard InChI is InChI=1S/C9H13N3/c1-4-8-5-10-9(11-6-8)12-7(2)3/h5-6H,2,4H2,1,3H3,(H,10,11,12). The van der Waals surface area contributed by atoms with Gasteiger partial charge in [0, 0.05) is 18.1 Å². The van der Waals surface area contributed by atoms with Crippen molar-refractivity contribution in [2.75, 3.05) is 5.32 Å². The van der Waals surface area contributed by atoms with Crippen LogP contribution in [0.1, 0.15) is 19.4 Å². The van der Waals surface area contributed by atoms with Crippen molar-refractivity contribution in [1.29, 1.82) is 0 Å². The average Bonchev–Trinajstić information content (AvgIpc) is 2.05. The van der Waals surface area contributed by atoms with Crippen LogP contribution in [-0.2, 0) is 6.42 Å². The maximum atomic E-state index is 4.11. The molecule has 0 atom stereocenters. The van der Waals surface area contributed by atoms with Gasteiger partial charge in [0.25, 0.3) is 0 Å². The molecule has 0 radical (unpaired) electrons. The van der Waals surface area contributed by atoms with Crippen molar-refractivity contribution in [2.45, 2.75) is 20.3 Å². The van der Waals surface area contributed by atoms with E-state index in [9.17, 15) is 0 Å². The molecule has 1 N–H and O–H groups in total. The monoisotopic (exact) mass is 163 g/mol. The van der Waals surface area contributed by atoms with Crippen molar-refractivity contribution in [3.8, 4) is 0 Å². The molecule has 0 unspecified atom stereocenters. The average molecular weight is 163 g/mol. The number of aryl methyl sites for hydroxylation is 1. The molecule has 0 spiro atoms. The van der Waals surface area contributed by atoms with Crippen LogP contribution in [-0.4, -0.2) is 9.97 Å². The number of rotatable bonds is 3. The molecule has 0 saturated heterocycles. The van der Waals surface area contributed by atoms with Crippen LogP contribution in [0.2, 0.25) is 0 Å². The first-order chi connectivity index (χ1) is 5.72. The quantitative estimate of drug-likeness (QED) is 0.740. The van der Waals surface area contributed by atoms with Crippen LogP contribution in [0.25, 0.3) is 0 Å². The Kier molecular flexibility index (Phi) is 2.80. The molecule has 0 fully saturated rings.